The topological polar surface area (TPSA) is 311 Å². The molecule has 17 heteroatoms. The Kier molecular flexibility index (Phi) is 11.6. The highest BCUT2D eigenvalue weighted by Gasteiger charge is 2.57. The third-order valence-corrected chi connectivity index (χ3v) is 16.8. The average molecular weight is 1070 g/mol. The summed E-state index contributed by atoms with van der Waals surface area (Å²) in [5, 5.41) is 161. The van der Waals surface area contributed by atoms with Gasteiger partial charge in [-0.2, -0.15) is 0 Å². The lowest BCUT2D eigenvalue weighted by Gasteiger charge is -2.42. The largest absolute Gasteiger partial charge is 0.508 e. The zero-order valence-corrected chi connectivity index (χ0v) is 41.5. The number of phenols is 10. The Balaban J connectivity index is 1.21. The van der Waals surface area contributed by atoms with Crippen molar-refractivity contribution >= 4 is 0 Å². The molecular weight excluding hydrogens is 1020 g/mol. The van der Waals surface area contributed by atoms with Crippen LogP contribution in [0, 0.1) is 0 Å². The summed E-state index contributed by atoms with van der Waals surface area (Å²) in [4.78, 5) is 0. The summed E-state index contributed by atoms with van der Waals surface area (Å²) in [6, 6.07) is 35.0. The fraction of sp³-hybridized carbons (Fsp3) is 0.226. The molecule has 79 heavy (non-hydrogen) atoms. The van der Waals surface area contributed by atoms with Crippen LogP contribution in [0.3, 0.4) is 0 Å². The second-order valence-corrected chi connectivity index (χ2v) is 21.2. The van der Waals surface area contributed by atoms with Crippen molar-refractivity contribution in [2.24, 2.45) is 0 Å². The van der Waals surface area contributed by atoms with Crippen LogP contribution in [0.1, 0.15) is 126 Å². The van der Waals surface area contributed by atoms with Crippen LogP contribution in [0.25, 0.3) is 0 Å². The van der Waals surface area contributed by atoms with Crippen LogP contribution in [-0.2, 0) is 4.74 Å². The summed E-state index contributed by atoms with van der Waals surface area (Å²) in [5.41, 5.74) is 4.65. The zero-order valence-electron chi connectivity index (χ0n) is 41.5. The monoisotopic (exact) mass is 1070 g/mol. The van der Waals surface area contributed by atoms with E-state index in [0.717, 1.165) is 0 Å². The number of rotatable bonds is 7. The third-order valence-electron chi connectivity index (χ3n) is 16.8. The lowest BCUT2D eigenvalue weighted by molar-refractivity contribution is -0.232. The predicted octanol–water partition coefficient (Wildman–Crippen LogP) is 7.95. The molecule has 3 aliphatic heterocycles. The lowest BCUT2D eigenvalue weighted by Crippen LogP contribution is -2.55. The molecule has 3 heterocycles. The summed E-state index contributed by atoms with van der Waals surface area (Å²) < 4.78 is 20.2. The standard InChI is InChI=1S/C62H52O17/c63-24-44-56(74)57(75)58(76)62(78-44)55-42(73)23-39-51(46(26-3-11-30(65)12-4-26)48-37(18-34(69)21-41(48)72)53-54(39)61(55)79-60(53)28-7-15-32(67)16-8-28)50-38-19-35(70)22-43-49(38)52(59(77-43)27-5-13-31(66)14-6-27)36-17-33(68)20-40(71)47(36)45(50)25-1-9-29(64)10-2-25/h1-23,44-46,50-53,56-60,62-76H,24H2. The van der Waals surface area contributed by atoms with Gasteiger partial charge < -0.3 is 85.7 Å². The van der Waals surface area contributed by atoms with Crippen LogP contribution in [0.2, 0.25) is 0 Å². The molecule has 14 N–H and O–H groups in total. The normalized spacial score (nSPS) is 27.1. The van der Waals surface area contributed by atoms with E-state index in [1.807, 2.05) is 0 Å². The van der Waals surface area contributed by atoms with E-state index in [9.17, 15) is 71.5 Å². The molecule has 13 unspecified atom stereocenters. The van der Waals surface area contributed by atoms with Crippen molar-refractivity contribution in [2.45, 2.75) is 78.2 Å². The summed E-state index contributed by atoms with van der Waals surface area (Å²) in [5.74, 6) is -8.75. The van der Waals surface area contributed by atoms with E-state index in [4.69, 9.17) is 14.2 Å². The number of benzene rings is 8. The molecule has 8 aromatic carbocycles. The number of fused-ring (bicyclic) bond motifs is 4. The molecule has 5 aliphatic rings. The Morgan fingerprint density at radius 2 is 0.734 bits per heavy atom. The fourth-order valence-electron chi connectivity index (χ4n) is 13.7. The van der Waals surface area contributed by atoms with Crippen molar-refractivity contribution < 1.29 is 85.7 Å². The second kappa shape index (κ2) is 18.4. The number of aromatic hydroxyl groups is 10. The number of aliphatic hydroxyl groups is 4. The minimum absolute atomic E-state index is 0.0182. The molecule has 402 valence electrons. The minimum atomic E-state index is -1.93. The smallest absolute Gasteiger partial charge is 0.135 e. The first-order valence-electron chi connectivity index (χ1n) is 25.7. The third kappa shape index (κ3) is 7.71. The van der Waals surface area contributed by atoms with E-state index in [0.29, 0.717) is 55.6 Å². The van der Waals surface area contributed by atoms with Gasteiger partial charge in [0.05, 0.1) is 24.0 Å². The van der Waals surface area contributed by atoms with Crippen LogP contribution in [0.15, 0.2) is 140 Å². The molecule has 0 saturated carbocycles. The van der Waals surface area contributed by atoms with Crippen molar-refractivity contribution in [2.75, 3.05) is 6.61 Å². The van der Waals surface area contributed by atoms with E-state index in [1.165, 1.54) is 84.9 Å². The van der Waals surface area contributed by atoms with E-state index in [2.05, 4.69) is 0 Å². The van der Waals surface area contributed by atoms with Gasteiger partial charge >= 0.3 is 0 Å². The summed E-state index contributed by atoms with van der Waals surface area (Å²) in [6.07, 6.45) is -10.8. The summed E-state index contributed by atoms with van der Waals surface area (Å²) in [6.45, 7) is -0.802. The first kappa shape index (κ1) is 49.7. The van der Waals surface area contributed by atoms with E-state index in [1.54, 1.807) is 54.6 Å². The van der Waals surface area contributed by atoms with Crippen LogP contribution in [0.4, 0.5) is 0 Å². The highest BCUT2D eigenvalue weighted by atomic mass is 16.5. The molecule has 1 fully saturated rings. The van der Waals surface area contributed by atoms with Crippen LogP contribution >= 0.6 is 0 Å². The van der Waals surface area contributed by atoms with Gasteiger partial charge in [0.15, 0.2) is 0 Å². The molecule has 0 aromatic heterocycles. The SMILES string of the molecule is OCC1OC(c2c(O)cc3c4c2OC(c2ccc(O)cc2)C4c2cc(O)cc(O)c2C(c2ccc(O)cc2)C3C2c3cc(O)cc4c3C(c3cc(O)cc(O)c3C2c2ccc(O)cc2)C(c2ccc(O)cc2)O4)C(O)C(O)C1O. The van der Waals surface area contributed by atoms with E-state index in [-0.39, 0.29) is 79.9 Å². The summed E-state index contributed by atoms with van der Waals surface area (Å²) in [7, 11) is 0. The molecular formula is C62H52O17. The van der Waals surface area contributed by atoms with Gasteiger partial charge in [-0.3, -0.25) is 0 Å². The zero-order chi connectivity index (χ0) is 55.0. The van der Waals surface area contributed by atoms with Crippen LogP contribution < -0.4 is 9.47 Å². The van der Waals surface area contributed by atoms with Crippen molar-refractivity contribution in [3.8, 4) is 69.0 Å². The van der Waals surface area contributed by atoms with Crippen molar-refractivity contribution in [3.05, 3.63) is 212 Å². The number of hydrogen-bond donors (Lipinski definition) is 14. The Morgan fingerprint density at radius 1 is 0.329 bits per heavy atom. The first-order valence-corrected chi connectivity index (χ1v) is 25.7. The first-order chi connectivity index (χ1) is 38.0. The Hall–Kier alpha value is -8.84. The molecule has 0 radical (unpaired) electrons. The Bertz CT molecular complexity index is 3710. The second-order valence-electron chi connectivity index (χ2n) is 21.2. The maximum Gasteiger partial charge on any atom is 0.135 e. The van der Waals surface area contributed by atoms with Gasteiger partial charge in [0.2, 0.25) is 0 Å². The maximum absolute atomic E-state index is 13.0. The molecule has 8 aromatic rings. The van der Waals surface area contributed by atoms with Crippen molar-refractivity contribution in [1.82, 2.24) is 0 Å². The lowest BCUT2D eigenvalue weighted by atomic mass is 9.62. The molecule has 0 spiro atoms. The predicted molar refractivity (Wildman–Crippen MR) is 280 cm³/mol. The highest BCUT2D eigenvalue weighted by Crippen LogP contribution is 2.70. The van der Waals surface area contributed by atoms with E-state index >= 15 is 0 Å². The van der Waals surface area contributed by atoms with Gasteiger partial charge in [-0.05, 0) is 117 Å². The Morgan fingerprint density at radius 3 is 1.22 bits per heavy atom. The number of phenolic OH excluding ortho intramolecular Hbond substituents is 10. The Labute approximate surface area is 449 Å². The van der Waals surface area contributed by atoms with Crippen molar-refractivity contribution in [3.63, 3.8) is 0 Å². The maximum atomic E-state index is 13.0. The number of aliphatic hydroxyl groups excluding tert-OH is 4. The molecule has 17 nitrogen and oxygen atoms in total. The molecule has 0 bridgehead atoms. The van der Waals surface area contributed by atoms with Gasteiger partial charge in [0.1, 0.15) is 112 Å². The van der Waals surface area contributed by atoms with Crippen LogP contribution in [-0.4, -0.2) is 103 Å². The molecule has 0 amide bonds. The van der Waals surface area contributed by atoms with E-state index < -0.39 is 90.6 Å². The number of hydrogen-bond acceptors (Lipinski definition) is 17. The quantitative estimate of drug-likeness (QED) is 0.0720. The van der Waals surface area contributed by atoms with Crippen LogP contribution in [0.5, 0.6) is 69.0 Å². The molecule has 1 saturated heterocycles. The fourth-order valence-corrected chi connectivity index (χ4v) is 13.7. The van der Waals surface area contributed by atoms with Gasteiger partial charge in [-0.1, -0.05) is 48.5 Å². The molecule has 13 atom stereocenters. The highest BCUT2D eigenvalue weighted by molar-refractivity contribution is 5.72. The average Bonchev–Trinajstić information content (AvgIpc) is 2.92. The van der Waals surface area contributed by atoms with Gasteiger partial charge in [0.25, 0.3) is 0 Å². The van der Waals surface area contributed by atoms with Crippen molar-refractivity contribution in [1.29, 1.82) is 0 Å². The molecule has 13 rings (SSSR count). The van der Waals surface area contributed by atoms with Gasteiger partial charge in [-0.25, -0.2) is 0 Å². The van der Waals surface area contributed by atoms with Gasteiger partial charge in [-0.15, -0.1) is 0 Å². The molecule has 2 aliphatic carbocycles. The summed E-state index contributed by atoms with van der Waals surface area (Å²) >= 11 is 0. The minimum Gasteiger partial charge on any atom is -0.508 e. The van der Waals surface area contributed by atoms with Gasteiger partial charge in [0, 0.05) is 64.1 Å². The number of ether oxygens (including phenoxy) is 3.